The smallest absolute Gasteiger partial charge is 0.258 e. The van der Waals surface area contributed by atoms with Gasteiger partial charge in [-0.2, -0.15) is 4.98 Å². The third-order valence-electron chi connectivity index (χ3n) is 5.14. The Kier molecular flexibility index (Phi) is 5.21. The van der Waals surface area contributed by atoms with E-state index in [1.165, 1.54) is 0 Å². The van der Waals surface area contributed by atoms with Crippen LogP contribution < -0.4 is 10.6 Å². The number of nitrogens with one attached hydrogen (secondary N) is 2. The van der Waals surface area contributed by atoms with Crippen LogP contribution in [0.1, 0.15) is 37.1 Å². The second-order valence-corrected chi connectivity index (χ2v) is 8.82. The summed E-state index contributed by atoms with van der Waals surface area (Å²) in [6, 6.07) is 5.03. The van der Waals surface area contributed by atoms with Crippen molar-refractivity contribution in [3.63, 3.8) is 0 Å². The minimum atomic E-state index is -1.27. The first kappa shape index (κ1) is 21.6. The highest BCUT2D eigenvalue weighted by molar-refractivity contribution is 6.39. The molecule has 4 aromatic rings. The minimum Gasteiger partial charge on any atom is -0.381 e. The third-order valence-corrected chi connectivity index (χ3v) is 5.73. The Labute approximate surface area is 198 Å². The molecule has 1 aromatic carbocycles. The van der Waals surface area contributed by atoms with Gasteiger partial charge in [-0.1, -0.05) is 28.4 Å². The molecule has 1 aliphatic heterocycles. The molecular weight excluding hydrogens is 467 g/mol. The molecule has 1 atom stereocenters. The molecule has 0 saturated carbocycles. The average molecular weight is 485 g/mol. The fourth-order valence-electron chi connectivity index (χ4n) is 3.54. The van der Waals surface area contributed by atoms with Gasteiger partial charge in [-0.3, -0.25) is 4.98 Å². The maximum Gasteiger partial charge on any atom is 0.258 e. The third kappa shape index (κ3) is 3.89. The topological polar surface area (TPSA) is 129 Å². The summed E-state index contributed by atoms with van der Waals surface area (Å²) in [6.07, 6.45) is 5.82. The molecule has 0 fully saturated rings. The minimum absolute atomic E-state index is 0.0763. The molecule has 1 unspecified atom stereocenters. The monoisotopic (exact) mass is 484 g/mol. The van der Waals surface area contributed by atoms with E-state index in [4.69, 9.17) is 27.7 Å². The van der Waals surface area contributed by atoms with E-state index < -0.39 is 11.8 Å². The van der Waals surface area contributed by atoms with Gasteiger partial charge >= 0.3 is 0 Å². The zero-order valence-electron chi connectivity index (χ0n) is 17.5. The molecule has 3 aromatic heterocycles. The Hall–Kier alpha value is -3.24. The summed E-state index contributed by atoms with van der Waals surface area (Å²) in [5, 5.41) is 31.9. The van der Waals surface area contributed by atoms with Crippen molar-refractivity contribution in [1.29, 1.82) is 0 Å². The first-order valence-corrected chi connectivity index (χ1v) is 10.7. The molecular formula is C22H18Cl2N6O3. The Morgan fingerprint density at radius 3 is 2.64 bits per heavy atom. The lowest BCUT2D eigenvalue weighted by Gasteiger charge is -2.23. The van der Waals surface area contributed by atoms with Crippen molar-refractivity contribution in [3.8, 4) is 11.4 Å². The van der Waals surface area contributed by atoms with Crippen molar-refractivity contribution < 1.29 is 14.7 Å². The van der Waals surface area contributed by atoms with Crippen LogP contribution in [0, 0.1) is 0 Å². The first-order valence-electron chi connectivity index (χ1n) is 9.93. The molecule has 0 radical (unpaired) electrons. The zero-order chi connectivity index (χ0) is 23.3. The van der Waals surface area contributed by atoms with Gasteiger partial charge in [0.05, 0.1) is 21.2 Å². The molecule has 33 heavy (non-hydrogen) atoms. The number of anilines is 2. The van der Waals surface area contributed by atoms with E-state index >= 15 is 0 Å². The molecule has 9 nitrogen and oxygen atoms in total. The molecule has 5 rings (SSSR count). The van der Waals surface area contributed by atoms with Crippen LogP contribution in [0.25, 0.3) is 28.4 Å². The van der Waals surface area contributed by atoms with Crippen LogP contribution in [0.3, 0.4) is 0 Å². The van der Waals surface area contributed by atoms with Gasteiger partial charge in [-0.15, -0.1) is 0 Å². The molecule has 4 heterocycles. The van der Waals surface area contributed by atoms with Crippen molar-refractivity contribution in [2.24, 2.45) is 0 Å². The molecule has 0 spiro atoms. The van der Waals surface area contributed by atoms with Gasteiger partial charge in [0.25, 0.3) is 5.89 Å². The second kappa shape index (κ2) is 7.96. The molecule has 1 aliphatic rings. The van der Waals surface area contributed by atoms with E-state index in [0.29, 0.717) is 43.8 Å². The summed E-state index contributed by atoms with van der Waals surface area (Å²) < 4.78 is 5.14. The summed E-state index contributed by atoms with van der Waals surface area (Å²) >= 11 is 13.1. The summed E-state index contributed by atoms with van der Waals surface area (Å²) in [5.41, 5.74) is 1.66. The SMILES string of the molecule is CC(C)(O)c1nc(-c2cc(Cl)c(Nc3nc4ccncc4c4c3C=CNC4O)c(Cl)c2)no1. The Morgan fingerprint density at radius 1 is 1.18 bits per heavy atom. The number of benzene rings is 1. The second-order valence-electron chi connectivity index (χ2n) is 8.01. The van der Waals surface area contributed by atoms with Crippen molar-refractivity contribution >= 4 is 51.7 Å². The molecule has 0 aliphatic carbocycles. The molecule has 0 bridgehead atoms. The fourth-order valence-corrected chi connectivity index (χ4v) is 4.12. The molecule has 11 heteroatoms. The number of hydrogen-bond donors (Lipinski definition) is 4. The number of nitrogens with zero attached hydrogens (tertiary/aromatic N) is 4. The van der Waals surface area contributed by atoms with Crippen LogP contribution in [-0.2, 0) is 5.60 Å². The van der Waals surface area contributed by atoms with Crippen molar-refractivity contribution in [1.82, 2.24) is 25.4 Å². The molecule has 0 amide bonds. The van der Waals surface area contributed by atoms with E-state index in [9.17, 15) is 10.2 Å². The largest absolute Gasteiger partial charge is 0.381 e. The lowest BCUT2D eigenvalue weighted by atomic mass is 10.00. The highest BCUT2D eigenvalue weighted by Crippen LogP contribution is 2.40. The Balaban J connectivity index is 1.57. The van der Waals surface area contributed by atoms with Crippen molar-refractivity contribution in [2.45, 2.75) is 25.7 Å². The van der Waals surface area contributed by atoms with Gasteiger partial charge in [0.1, 0.15) is 11.4 Å². The van der Waals surface area contributed by atoms with Gasteiger partial charge in [-0.25, -0.2) is 4.98 Å². The van der Waals surface area contributed by atoms with Crippen LogP contribution >= 0.6 is 23.2 Å². The molecule has 4 N–H and O–H groups in total. The number of rotatable bonds is 4. The number of pyridine rings is 2. The van der Waals surface area contributed by atoms with Crippen LogP contribution in [-0.4, -0.2) is 30.3 Å². The van der Waals surface area contributed by atoms with Crippen molar-refractivity contribution in [3.05, 3.63) is 63.9 Å². The Bertz CT molecular complexity index is 1390. The van der Waals surface area contributed by atoms with Crippen LogP contribution in [0.4, 0.5) is 11.5 Å². The predicted octanol–water partition coefficient (Wildman–Crippen LogP) is 4.52. The summed E-state index contributed by atoms with van der Waals surface area (Å²) in [7, 11) is 0. The summed E-state index contributed by atoms with van der Waals surface area (Å²) in [5.74, 6) is 0.793. The number of fused-ring (bicyclic) bond motifs is 3. The van der Waals surface area contributed by atoms with E-state index in [2.05, 4.69) is 30.7 Å². The standard InChI is InChI=1S/C22H18Cl2N6O3/c1-22(2,32)21-29-18(30-33-21)10-7-13(23)17(14(24)8-10)28-19-11-3-6-26-20(31)16(11)12-9-25-5-4-15(12)27-19/h3-9,20,26,31-32H,1-2H3,(H,27,28). The van der Waals surface area contributed by atoms with Crippen LogP contribution in [0.5, 0.6) is 0 Å². The number of aliphatic hydroxyl groups is 2. The number of hydrogen-bond acceptors (Lipinski definition) is 9. The number of halogens is 2. The van der Waals surface area contributed by atoms with Gasteiger partial charge in [0.15, 0.2) is 6.23 Å². The molecule has 168 valence electrons. The average Bonchev–Trinajstić information content (AvgIpc) is 3.27. The van der Waals surface area contributed by atoms with Gasteiger partial charge in [0.2, 0.25) is 5.82 Å². The highest BCUT2D eigenvalue weighted by atomic mass is 35.5. The normalized spacial score (nSPS) is 15.4. The number of aromatic nitrogens is 4. The number of aliphatic hydroxyl groups excluding tert-OH is 1. The van der Waals surface area contributed by atoms with Crippen molar-refractivity contribution in [2.75, 3.05) is 5.32 Å². The quantitative estimate of drug-likeness (QED) is 0.330. The summed E-state index contributed by atoms with van der Waals surface area (Å²) in [4.78, 5) is 13.1. The van der Waals surface area contributed by atoms with E-state index in [1.54, 1.807) is 56.7 Å². The van der Waals surface area contributed by atoms with E-state index in [1.807, 2.05) is 0 Å². The fraction of sp³-hybridized carbons (Fsp3) is 0.182. The Morgan fingerprint density at radius 2 is 1.94 bits per heavy atom. The molecule has 0 saturated heterocycles. The first-order chi connectivity index (χ1) is 15.7. The van der Waals surface area contributed by atoms with E-state index in [0.717, 1.165) is 5.39 Å². The maximum absolute atomic E-state index is 10.5. The maximum atomic E-state index is 10.5. The van der Waals surface area contributed by atoms with Gasteiger partial charge in [0, 0.05) is 34.5 Å². The lowest BCUT2D eigenvalue weighted by molar-refractivity contribution is 0.0420. The zero-order valence-corrected chi connectivity index (χ0v) is 19.0. The predicted molar refractivity (Wildman–Crippen MR) is 125 cm³/mol. The van der Waals surface area contributed by atoms with Gasteiger partial charge < -0.3 is 25.4 Å². The lowest BCUT2D eigenvalue weighted by Crippen LogP contribution is -2.20. The van der Waals surface area contributed by atoms with Crippen LogP contribution in [0.15, 0.2) is 41.3 Å². The highest BCUT2D eigenvalue weighted by Gasteiger charge is 2.26. The summed E-state index contributed by atoms with van der Waals surface area (Å²) in [6.45, 7) is 3.09. The van der Waals surface area contributed by atoms with Gasteiger partial charge in [-0.05, 0) is 44.3 Å². The van der Waals surface area contributed by atoms with Crippen LogP contribution in [0.2, 0.25) is 10.0 Å². The van der Waals surface area contributed by atoms with E-state index in [-0.39, 0.29) is 11.7 Å².